The van der Waals surface area contributed by atoms with E-state index in [0.29, 0.717) is 5.69 Å². The standard InChI is InChI=1S/C15H14N2O3S/c1-21-11-8-6-10(7-9-11)17-15(19)20-13-5-3-2-4-12(13)14(16)18/h2-9H,1H3,(H2,16,18)(H,17,19). The third-order valence-electron chi connectivity index (χ3n) is 2.69. The Balaban J connectivity index is 2.06. The third-order valence-corrected chi connectivity index (χ3v) is 3.44. The van der Waals surface area contributed by atoms with Gasteiger partial charge in [0.1, 0.15) is 5.75 Å². The topological polar surface area (TPSA) is 81.4 Å². The number of thioether (sulfide) groups is 1. The predicted octanol–water partition coefficient (Wildman–Crippen LogP) is 3.12. The van der Waals surface area contributed by atoms with Crippen LogP contribution in [0.4, 0.5) is 10.5 Å². The van der Waals surface area contributed by atoms with Crippen molar-refractivity contribution in [2.45, 2.75) is 4.90 Å². The third kappa shape index (κ3) is 4.00. The molecule has 0 saturated heterocycles. The molecule has 2 rings (SSSR count). The normalized spacial score (nSPS) is 9.95. The van der Waals surface area contributed by atoms with E-state index in [2.05, 4.69) is 5.32 Å². The van der Waals surface area contributed by atoms with Crippen LogP contribution in [0.1, 0.15) is 10.4 Å². The highest BCUT2D eigenvalue weighted by atomic mass is 32.2. The predicted molar refractivity (Wildman–Crippen MR) is 82.8 cm³/mol. The summed E-state index contributed by atoms with van der Waals surface area (Å²) in [6, 6.07) is 13.6. The van der Waals surface area contributed by atoms with Crippen LogP contribution in [0.25, 0.3) is 0 Å². The molecule has 5 nitrogen and oxygen atoms in total. The zero-order valence-corrected chi connectivity index (χ0v) is 12.1. The number of primary amides is 1. The van der Waals surface area contributed by atoms with Gasteiger partial charge in [-0.05, 0) is 42.7 Å². The molecule has 0 saturated carbocycles. The number of carbonyl (C=O) groups excluding carboxylic acids is 2. The van der Waals surface area contributed by atoms with E-state index in [1.54, 1.807) is 36.0 Å². The molecule has 0 heterocycles. The molecular weight excluding hydrogens is 288 g/mol. The summed E-state index contributed by atoms with van der Waals surface area (Å²) in [5.74, 6) is -0.522. The second-order valence-corrected chi connectivity index (χ2v) is 4.98. The van der Waals surface area contributed by atoms with Crippen LogP contribution in [-0.2, 0) is 0 Å². The van der Waals surface area contributed by atoms with Gasteiger partial charge in [0.25, 0.3) is 5.91 Å². The highest BCUT2D eigenvalue weighted by Crippen LogP contribution is 2.20. The van der Waals surface area contributed by atoms with E-state index in [-0.39, 0.29) is 11.3 Å². The van der Waals surface area contributed by atoms with Crippen LogP contribution >= 0.6 is 11.8 Å². The van der Waals surface area contributed by atoms with Crippen molar-refractivity contribution in [3.05, 3.63) is 54.1 Å². The molecule has 0 aromatic heterocycles. The van der Waals surface area contributed by atoms with Gasteiger partial charge >= 0.3 is 6.09 Å². The Kier molecular flexibility index (Phi) is 4.84. The zero-order valence-electron chi connectivity index (χ0n) is 11.3. The Morgan fingerprint density at radius 3 is 2.38 bits per heavy atom. The smallest absolute Gasteiger partial charge is 0.409 e. The number of nitrogens with one attached hydrogen (secondary N) is 1. The Labute approximate surface area is 126 Å². The fraction of sp³-hybridized carbons (Fsp3) is 0.0667. The molecule has 0 radical (unpaired) electrons. The average molecular weight is 302 g/mol. The molecule has 0 spiro atoms. The molecule has 3 N–H and O–H groups in total. The minimum absolute atomic E-state index is 0.128. The highest BCUT2D eigenvalue weighted by molar-refractivity contribution is 7.98. The highest BCUT2D eigenvalue weighted by Gasteiger charge is 2.12. The van der Waals surface area contributed by atoms with Crippen LogP contribution in [0.15, 0.2) is 53.4 Å². The summed E-state index contributed by atoms with van der Waals surface area (Å²) in [7, 11) is 0. The van der Waals surface area contributed by atoms with Gasteiger partial charge in [-0.2, -0.15) is 0 Å². The van der Waals surface area contributed by atoms with Gasteiger partial charge in [-0.1, -0.05) is 12.1 Å². The second-order valence-electron chi connectivity index (χ2n) is 4.10. The van der Waals surface area contributed by atoms with Crippen LogP contribution in [0.3, 0.4) is 0 Å². The Hall–Kier alpha value is -2.47. The maximum absolute atomic E-state index is 11.8. The molecule has 0 aliphatic rings. The van der Waals surface area contributed by atoms with Crippen molar-refractivity contribution in [1.29, 1.82) is 0 Å². The lowest BCUT2D eigenvalue weighted by molar-refractivity contribution is 0.0998. The van der Waals surface area contributed by atoms with Gasteiger partial charge in [0.2, 0.25) is 0 Å². The molecule has 2 aromatic carbocycles. The van der Waals surface area contributed by atoms with E-state index < -0.39 is 12.0 Å². The molecule has 6 heteroatoms. The van der Waals surface area contributed by atoms with Gasteiger partial charge in [0.05, 0.1) is 5.56 Å². The Bertz CT molecular complexity index is 656. The van der Waals surface area contributed by atoms with Crippen molar-refractivity contribution in [1.82, 2.24) is 0 Å². The number of amides is 2. The molecule has 21 heavy (non-hydrogen) atoms. The van der Waals surface area contributed by atoms with Crippen molar-refractivity contribution < 1.29 is 14.3 Å². The summed E-state index contributed by atoms with van der Waals surface area (Å²) >= 11 is 1.61. The Morgan fingerprint density at radius 2 is 1.76 bits per heavy atom. The fourth-order valence-electron chi connectivity index (χ4n) is 1.68. The first kappa shape index (κ1) is 14.9. The Morgan fingerprint density at radius 1 is 1.10 bits per heavy atom. The van der Waals surface area contributed by atoms with Gasteiger partial charge < -0.3 is 10.5 Å². The van der Waals surface area contributed by atoms with Crippen LogP contribution in [-0.4, -0.2) is 18.3 Å². The number of benzene rings is 2. The number of hydrogen-bond acceptors (Lipinski definition) is 4. The van der Waals surface area contributed by atoms with Crippen LogP contribution in [0.5, 0.6) is 5.75 Å². The van der Waals surface area contributed by atoms with E-state index in [9.17, 15) is 9.59 Å². The van der Waals surface area contributed by atoms with Crippen molar-refractivity contribution in [3.63, 3.8) is 0 Å². The largest absolute Gasteiger partial charge is 0.417 e. The van der Waals surface area contributed by atoms with Crippen molar-refractivity contribution in [3.8, 4) is 5.75 Å². The number of nitrogens with two attached hydrogens (primary N) is 1. The maximum atomic E-state index is 11.8. The molecule has 0 unspecified atom stereocenters. The van der Waals surface area contributed by atoms with Gasteiger partial charge in [0.15, 0.2) is 0 Å². The van der Waals surface area contributed by atoms with Crippen LogP contribution in [0, 0.1) is 0 Å². The number of hydrogen-bond donors (Lipinski definition) is 2. The van der Waals surface area contributed by atoms with E-state index in [1.165, 1.54) is 12.1 Å². The first-order chi connectivity index (χ1) is 10.1. The molecule has 0 bridgehead atoms. The molecule has 2 aromatic rings. The van der Waals surface area contributed by atoms with Crippen molar-refractivity contribution in [2.24, 2.45) is 5.73 Å². The summed E-state index contributed by atoms with van der Waals surface area (Å²) in [5, 5.41) is 2.59. The number of rotatable bonds is 4. The second kappa shape index (κ2) is 6.81. The number of carbonyl (C=O) groups is 2. The van der Waals surface area contributed by atoms with E-state index in [0.717, 1.165) is 4.90 Å². The van der Waals surface area contributed by atoms with E-state index >= 15 is 0 Å². The minimum Gasteiger partial charge on any atom is -0.409 e. The zero-order chi connectivity index (χ0) is 15.2. The summed E-state index contributed by atoms with van der Waals surface area (Å²) in [4.78, 5) is 24.2. The van der Waals surface area contributed by atoms with Crippen LogP contribution < -0.4 is 15.8 Å². The molecule has 108 valence electrons. The van der Waals surface area contributed by atoms with Crippen molar-refractivity contribution >= 4 is 29.4 Å². The van der Waals surface area contributed by atoms with E-state index in [1.807, 2.05) is 18.4 Å². The lowest BCUT2D eigenvalue weighted by Crippen LogP contribution is -2.19. The van der Waals surface area contributed by atoms with Crippen molar-refractivity contribution in [2.75, 3.05) is 11.6 Å². The number of para-hydroxylation sites is 1. The maximum Gasteiger partial charge on any atom is 0.417 e. The molecule has 0 aliphatic heterocycles. The monoisotopic (exact) mass is 302 g/mol. The van der Waals surface area contributed by atoms with Gasteiger partial charge in [-0.15, -0.1) is 11.8 Å². The first-order valence-electron chi connectivity index (χ1n) is 6.12. The van der Waals surface area contributed by atoms with Gasteiger partial charge in [-0.3, -0.25) is 10.1 Å². The summed E-state index contributed by atoms with van der Waals surface area (Å²) < 4.78 is 5.11. The minimum atomic E-state index is -0.680. The molecule has 0 aliphatic carbocycles. The summed E-state index contributed by atoms with van der Waals surface area (Å²) in [6.07, 6.45) is 1.29. The van der Waals surface area contributed by atoms with Crippen LogP contribution in [0.2, 0.25) is 0 Å². The fourth-order valence-corrected chi connectivity index (χ4v) is 2.09. The molecular formula is C15H14N2O3S. The SMILES string of the molecule is CSc1ccc(NC(=O)Oc2ccccc2C(N)=O)cc1. The lowest BCUT2D eigenvalue weighted by Gasteiger charge is -2.09. The molecule has 0 atom stereocenters. The van der Waals surface area contributed by atoms with Gasteiger partial charge in [0, 0.05) is 10.6 Å². The summed E-state index contributed by atoms with van der Waals surface area (Å²) in [5.41, 5.74) is 5.99. The molecule has 2 amide bonds. The molecule has 0 fully saturated rings. The first-order valence-corrected chi connectivity index (χ1v) is 7.34. The van der Waals surface area contributed by atoms with E-state index in [4.69, 9.17) is 10.5 Å². The number of anilines is 1. The van der Waals surface area contributed by atoms with Gasteiger partial charge in [-0.25, -0.2) is 4.79 Å². The lowest BCUT2D eigenvalue weighted by atomic mass is 10.2. The summed E-state index contributed by atoms with van der Waals surface area (Å²) in [6.45, 7) is 0. The quantitative estimate of drug-likeness (QED) is 0.850. The average Bonchev–Trinajstić information content (AvgIpc) is 2.48. The number of ether oxygens (including phenoxy) is 1.